The third kappa shape index (κ3) is 3.39. The molecule has 1 heterocycles. The van der Waals surface area contributed by atoms with Gasteiger partial charge in [-0.1, -0.05) is 25.0 Å². The predicted octanol–water partition coefficient (Wildman–Crippen LogP) is 3.76. The van der Waals surface area contributed by atoms with Gasteiger partial charge in [-0.3, -0.25) is 4.98 Å². The standard InChI is InChI=1S/C15H21FN2/c1-2-17-15(12-7-5-3-4-6-8-12)14-10-9-13(16)11-18-14/h7,9-11,15,17H,2-6,8H2,1H3. The number of hydrogen-bond donors (Lipinski definition) is 1. The number of pyridine rings is 1. The summed E-state index contributed by atoms with van der Waals surface area (Å²) in [6, 6.07) is 3.42. The Morgan fingerprint density at radius 3 is 2.94 bits per heavy atom. The van der Waals surface area contributed by atoms with Gasteiger partial charge in [0.15, 0.2) is 0 Å². The fraction of sp³-hybridized carbons (Fsp3) is 0.533. The van der Waals surface area contributed by atoms with Crippen LogP contribution in [-0.2, 0) is 0 Å². The molecule has 0 aliphatic heterocycles. The van der Waals surface area contributed by atoms with Gasteiger partial charge >= 0.3 is 0 Å². The molecule has 1 aliphatic rings. The molecule has 0 fully saturated rings. The van der Waals surface area contributed by atoms with Crippen LogP contribution in [0.4, 0.5) is 4.39 Å². The van der Waals surface area contributed by atoms with Crippen molar-refractivity contribution in [1.29, 1.82) is 0 Å². The van der Waals surface area contributed by atoms with Gasteiger partial charge < -0.3 is 5.32 Å². The van der Waals surface area contributed by atoms with E-state index in [0.29, 0.717) is 0 Å². The second kappa shape index (κ2) is 6.64. The molecule has 0 aromatic carbocycles. The molecule has 2 nitrogen and oxygen atoms in total. The highest BCUT2D eigenvalue weighted by molar-refractivity contribution is 5.23. The minimum atomic E-state index is -0.274. The molecule has 3 heteroatoms. The van der Waals surface area contributed by atoms with E-state index in [-0.39, 0.29) is 11.9 Å². The molecule has 98 valence electrons. The number of allylic oxidation sites excluding steroid dienone is 1. The summed E-state index contributed by atoms with van der Waals surface area (Å²) in [5, 5.41) is 3.46. The molecular formula is C15H21FN2. The molecule has 1 aromatic rings. The van der Waals surface area contributed by atoms with Crippen LogP contribution in [0.3, 0.4) is 0 Å². The summed E-state index contributed by atoms with van der Waals surface area (Å²) in [4.78, 5) is 4.22. The van der Waals surface area contributed by atoms with Crippen LogP contribution >= 0.6 is 0 Å². The van der Waals surface area contributed by atoms with E-state index in [1.54, 1.807) is 6.07 Å². The normalized spacial score (nSPS) is 18.0. The van der Waals surface area contributed by atoms with Crippen molar-refractivity contribution in [3.05, 3.63) is 41.5 Å². The van der Waals surface area contributed by atoms with Crippen molar-refractivity contribution in [3.63, 3.8) is 0 Å². The molecule has 0 saturated heterocycles. The Morgan fingerprint density at radius 1 is 1.33 bits per heavy atom. The average molecular weight is 248 g/mol. The van der Waals surface area contributed by atoms with Crippen molar-refractivity contribution in [3.8, 4) is 0 Å². The van der Waals surface area contributed by atoms with E-state index in [1.807, 2.05) is 0 Å². The molecular weight excluding hydrogens is 227 g/mol. The molecule has 1 atom stereocenters. The van der Waals surface area contributed by atoms with Crippen molar-refractivity contribution in [2.45, 2.75) is 45.1 Å². The second-order valence-electron chi connectivity index (χ2n) is 4.77. The van der Waals surface area contributed by atoms with Gasteiger partial charge in [-0.25, -0.2) is 4.39 Å². The average Bonchev–Trinajstić information content (AvgIpc) is 2.66. The Balaban J connectivity index is 2.21. The molecule has 0 amide bonds. The summed E-state index contributed by atoms with van der Waals surface area (Å²) in [6.45, 7) is 2.98. The van der Waals surface area contributed by atoms with Crippen LogP contribution in [0.5, 0.6) is 0 Å². The van der Waals surface area contributed by atoms with Gasteiger partial charge in [-0.15, -0.1) is 0 Å². The van der Waals surface area contributed by atoms with Gasteiger partial charge in [-0.2, -0.15) is 0 Å². The first-order valence-corrected chi connectivity index (χ1v) is 6.85. The maximum atomic E-state index is 12.9. The summed E-state index contributed by atoms with van der Waals surface area (Å²) in [7, 11) is 0. The number of aromatic nitrogens is 1. The van der Waals surface area contributed by atoms with Crippen molar-refractivity contribution in [2.24, 2.45) is 0 Å². The number of rotatable bonds is 4. The lowest BCUT2D eigenvalue weighted by atomic mass is 9.98. The van der Waals surface area contributed by atoms with E-state index >= 15 is 0 Å². The smallest absolute Gasteiger partial charge is 0.141 e. The third-order valence-corrected chi connectivity index (χ3v) is 3.40. The zero-order chi connectivity index (χ0) is 12.8. The second-order valence-corrected chi connectivity index (χ2v) is 4.77. The summed E-state index contributed by atoms with van der Waals surface area (Å²) >= 11 is 0. The zero-order valence-electron chi connectivity index (χ0n) is 11.0. The van der Waals surface area contributed by atoms with Crippen LogP contribution in [0.15, 0.2) is 30.0 Å². The van der Waals surface area contributed by atoms with E-state index in [4.69, 9.17) is 0 Å². The van der Waals surface area contributed by atoms with Crippen LogP contribution in [0.2, 0.25) is 0 Å². The number of likely N-dealkylation sites (N-methyl/N-ethyl adjacent to an activating group) is 1. The number of halogens is 1. The van der Waals surface area contributed by atoms with Gasteiger partial charge in [0.25, 0.3) is 0 Å². The fourth-order valence-electron chi connectivity index (χ4n) is 2.49. The minimum absolute atomic E-state index is 0.147. The molecule has 1 unspecified atom stereocenters. The highest BCUT2D eigenvalue weighted by Gasteiger charge is 2.17. The Labute approximate surface area is 108 Å². The van der Waals surface area contributed by atoms with Crippen LogP contribution in [0.1, 0.15) is 50.8 Å². The number of hydrogen-bond acceptors (Lipinski definition) is 2. The molecule has 0 spiro atoms. The maximum absolute atomic E-state index is 12.9. The van der Waals surface area contributed by atoms with Gasteiger partial charge in [0.2, 0.25) is 0 Å². The molecule has 0 radical (unpaired) electrons. The zero-order valence-corrected chi connectivity index (χ0v) is 11.0. The Bertz CT molecular complexity index is 397. The lowest BCUT2D eigenvalue weighted by molar-refractivity contribution is 0.569. The third-order valence-electron chi connectivity index (χ3n) is 3.40. The minimum Gasteiger partial charge on any atom is -0.306 e. The molecule has 0 saturated carbocycles. The topological polar surface area (TPSA) is 24.9 Å². The van der Waals surface area contributed by atoms with Crippen LogP contribution in [-0.4, -0.2) is 11.5 Å². The van der Waals surface area contributed by atoms with E-state index in [0.717, 1.165) is 25.1 Å². The highest BCUT2D eigenvalue weighted by atomic mass is 19.1. The number of nitrogens with one attached hydrogen (secondary N) is 1. The maximum Gasteiger partial charge on any atom is 0.141 e. The van der Waals surface area contributed by atoms with Crippen molar-refractivity contribution in [2.75, 3.05) is 6.54 Å². The largest absolute Gasteiger partial charge is 0.306 e. The molecule has 0 bridgehead atoms. The van der Waals surface area contributed by atoms with Crippen molar-refractivity contribution in [1.82, 2.24) is 10.3 Å². The molecule has 2 rings (SSSR count). The first-order chi connectivity index (χ1) is 8.81. The molecule has 1 aliphatic carbocycles. The summed E-state index contributed by atoms with van der Waals surface area (Å²) in [6.07, 6.45) is 9.74. The van der Waals surface area contributed by atoms with E-state index in [1.165, 1.54) is 37.1 Å². The molecule has 18 heavy (non-hydrogen) atoms. The van der Waals surface area contributed by atoms with Gasteiger partial charge in [0, 0.05) is 0 Å². The first-order valence-electron chi connectivity index (χ1n) is 6.85. The predicted molar refractivity (Wildman–Crippen MR) is 71.8 cm³/mol. The highest BCUT2D eigenvalue weighted by Crippen LogP contribution is 2.28. The Hall–Kier alpha value is -1.22. The van der Waals surface area contributed by atoms with E-state index < -0.39 is 0 Å². The summed E-state index contributed by atoms with van der Waals surface area (Å²) < 4.78 is 12.9. The molecule has 1 N–H and O–H groups in total. The summed E-state index contributed by atoms with van der Waals surface area (Å²) in [5.41, 5.74) is 2.33. The lowest BCUT2D eigenvalue weighted by Crippen LogP contribution is -2.23. The lowest BCUT2D eigenvalue weighted by Gasteiger charge is -2.20. The van der Waals surface area contributed by atoms with Gasteiger partial charge in [-0.05, 0) is 44.4 Å². The fourth-order valence-corrected chi connectivity index (χ4v) is 2.49. The van der Waals surface area contributed by atoms with Crippen LogP contribution < -0.4 is 5.32 Å². The quantitative estimate of drug-likeness (QED) is 0.821. The first kappa shape index (κ1) is 13.2. The number of nitrogens with zero attached hydrogens (tertiary/aromatic N) is 1. The van der Waals surface area contributed by atoms with Crippen molar-refractivity contribution >= 4 is 0 Å². The van der Waals surface area contributed by atoms with E-state index in [9.17, 15) is 4.39 Å². The van der Waals surface area contributed by atoms with Crippen molar-refractivity contribution < 1.29 is 4.39 Å². The van der Waals surface area contributed by atoms with Gasteiger partial charge in [0.1, 0.15) is 5.82 Å². The van der Waals surface area contributed by atoms with E-state index in [2.05, 4.69) is 23.3 Å². The van der Waals surface area contributed by atoms with Gasteiger partial charge in [0.05, 0.1) is 17.9 Å². The monoisotopic (exact) mass is 248 g/mol. The SMILES string of the molecule is CCNC(C1=CCCCCC1)c1ccc(F)cn1. The summed E-state index contributed by atoms with van der Waals surface area (Å²) in [5.74, 6) is -0.274. The molecule has 1 aromatic heterocycles. The Morgan fingerprint density at radius 2 is 2.22 bits per heavy atom. The Kier molecular flexibility index (Phi) is 4.88. The van der Waals surface area contributed by atoms with Crippen LogP contribution in [0, 0.1) is 5.82 Å². The van der Waals surface area contributed by atoms with Crippen LogP contribution in [0.25, 0.3) is 0 Å².